The quantitative estimate of drug-likeness (QED) is 0.853. The van der Waals surface area contributed by atoms with Gasteiger partial charge in [-0.1, -0.05) is 37.3 Å². The Hall–Kier alpha value is -2.63. The van der Waals surface area contributed by atoms with Gasteiger partial charge in [0.1, 0.15) is 0 Å². The number of nitrogens with one attached hydrogen (secondary N) is 1. The van der Waals surface area contributed by atoms with Gasteiger partial charge < -0.3 is 10.4 Å². The van der Waals surface area contributed by atoms with E-state index in [1.807, 2.05) is 19.9 Å². The molecule has 6 heteroatoms. The van der Waals surface area contributed by atoms with Crippen molar-refractivity contribution >= 4 is 11.9 Å². The van der Waals surface area contributed by atoms with Crippen LogP contribution in [-0.2, 0) is 10.3 Å². The summed E-state index contributed by atoms with van der Waals surface area (Å²) in [5.41, 5.74) is 0.178. The van der Waals surface area contributed by atoms with E-state index in [0.717, 1.165) is 0 Å². The molecule has 0 aliphatic heterocycles. The Morgan fingerprint density at radius 1 is 1.29 bits per heavy atom. The minimum absolute atomic E-state index is 0.121. The molecule has 0 saturated heterocycles. The lowest BCUT2D eigenvalue weighted by molar-refractivity contribution is -0.145. The zero-order valence-electron chi connectivity index (χ0n) is 14.4. The van der Waals surface area contributed by atoms with Crippen molar-refractivity contribution < 1.29 is 14.7 Å². The van der Waals surface area contributed by atoms with Crippen LogP contribution in [0.15, 0.2) is 36.5 Å². The number of aromatic nitrogens is 2. The van der Waals surface area contributed by atoms with Crippen LogP contribution in [0, 0.1) is 6.92 Å². The van der Waals surface area contributed by atoms with Crippen molar-refractivity contribution in [1.82, 2.24) is 15.1 Å². The summed E-state index contributed by atoms with van der Waals surface area (Å²) in [4.78, 5) is 24.7. The molecule has 24 heavy (non-hydrogen) atoms. The van der Waals surface area contributed by atoms with Gasteiger partial charge in [-0.15, -0.1) is 0 Å². The largest absolute Gasteiger partial charge is 0.479 e. The number of aliphatic carboxylic acids is 1. The van der Waals surface area contributed by atoms with Crippen LogP contribution in [0.2, 0.25) is 0 Å². The van der Waals surface area contributed by atoms with Crippen molar-refractivity contribution in [2.24, 2.45) is 0 Å². The lowest BCUT2D eigenvalue weighted by atomic mass is 9.87. The molecule has 128 valence electrons. The number of hydrogen-bond donors (Lipinski definition) is 2. The molecule has 1 aromatic heterocycles. The van der Waals surface area contributed by atoms with Gasteiger partial charge in [0.15, 0.2) is 5.54 Å². The van der Waals surface area contributed by atoms with E-state index >= 15 is 0 Å². The predicted octanol–water partition coefficient (Wildman–Crippen LogP) is 2.89. The molecule has 0 saturated carbocycles. The van der Waals surface area contributed by atoms with Crippen molar-refractivity contribution in [2.75, 3.05) is 0 Å². The number of rotatable bonds is 6. The Bertz CT molecular complexity index is 737. The second kappa shape index (κ2) is 6.86. The van der Waals surface area contributed by atoms with E-state index in [1.165, 1.54) is 6.20 Å². The highest BCUT2D eigenvalue weighted by Gasteiger charge is 2.40. The van der Waals surface area contributed by atoms with Crippen molar-refractivity contribution in [1.29, 1.82) is 0 Å². The number of carboxylic acid groups (broad SMARTS) is 1. The lowest BCUT2D eigenvalue weighted by Gasteiger charge is -2.30. The molecule has 1 amide bonds. The first kappa shape index (κ1) is 17.7. The average molecular weight is 329 g/mol. The third kappa shape index (κ3) is 3.04. The molecule has 1 heterocycles. The van der Waals surface area contributed by atoms with E-state index in [0.29, 0.717) is 16.8 Å². The molecular formula is C18H23N3O3. The first-order valence-corrected chi connectivity index (χ1v) is 7.99. The number of benzene rings is 1. The maximum absolute atomic E-state index is 12.7. The molecule has 0 radical (unpaired) electrons. The van der Waals surface area contributed by atoms with Crippen LogP contribution in [0.4, 0.5) is 0 Å². The molecule has 6 nitrogen and oxygen atoms in total. The van der Waals surface area contributed by atoms with Crippen LogP contribution in [0.3, 0.4) is 0 Å². The second-order valence-electron chi connectivity index (χ2n) is 6.07. The fourth-order valence-corrected chi connectivity index (χ4v) is 2.84. The van der Waals surface area contributed by atoms with Gasteiger partial charge in [-0.25, -0.2) is 4.79 Å². The van der Waals surface area contributed by atoms with E-state index in [-0.39, 0.29) is 12.5 Å². The molecule has 1 aromatic carbocycles. The molecular weight excluding hydrogens is 306 g/mol. The maximum atomic E-state index is 12.7. The van der Waals surface area contributed by atoms with Crippen LogP contribution < -0.4 is 5.32 Å². The number of carbonyl (C=O) groups excluding carboxylic acids is 1. The SMILES string of the molecule is CC[C@@](NC(=O)c1cnn(C(C)C)c1C)(C(=O)O)c1ccccc1. The monoisotopic (exact) mass is 329 g/mol. The molecule has 0 aliphatic rings. The van der Waals surface area contributed by atoms with Crippen LogP contribution in [-0.4, -0.2) is 26.8 Å². The molecule has 0 unspecified atom stereocenters. The van der Waals surface area contributed by atoms with E-state index in [2.05, 4.69) is 10.4 Å². The fraction of sp³-hybridized carbons (Fsp3) is 0.389. The molecule has 2 rings (SSSR count). The summed E-state index contributed by atoms with van der Waals surface area (Å²) in [5, 5.41) is 16.7. The zero-order valence-corrected chi connectivity index (χ0v) is 14.4. The third-order valence-electron chi connectivity index (χ3n) is 4.27. The Morgan fingerprint density at radius 3 is 2.38 bits per heavy atom. The summed E-state index contributed by atoms with van der Waals surface area (Å²) in [6.07, 6.45) is 1.72. The Labute approximate surface area is 141 Å². The number of nitrogens with zero attached hydrogens (tertiary/aromatic N) is 2. The Morgan fingerprint density at radius 2 is 1.92 bits per heavy atom. The third-order valence-corrected chi connectivity index (χ3v) is 4.27. The van der Waals surface area contributed by atoms with E-state index in [9.17, 15) is 14.7 Å². The van der Waals surface area contributed by atoms with Gasteiger partial charge in [-0.3, -0.25) is 9.48 Å². The van der Waals surface area contributed by atoms with Gasteiger partial charge in [0.05, 0.1) is 11.8 Å². The minimum Gasteiger partial charge on any atom is -0.479 e. The molecule has 2 aromatic rings. The summed E-state index contributed by atoms with van der Waals surface area (Å²) in [7, 11) is 0. The summed E-state index contributed by atoms with van der Waals surface area (Å²) in [6, 6.07) is 8.87. The summed E-state index contributed by atoms with van der Waals surface area (Å²) < 4.78 is 1.74. The van der Waals surface area contributed by atoms with Gasteiger partial charge >= 0.3 is 5.97 Å². The van der Waals surface area contributed by atoms with Crippen molar-refractivity contribution in [3.8, 4) is 0 Å². The summed E-state index contributed by atoms with van der Waals surface area (Å²) >= 11 is 0. The molecule has 0 aliphatic carbocycles. The van der Waals surface area contributed by atoms with Crippen LogP contribution in [0.25, 0.3) is 0 Å². The van der Waals surface area contributed by atoms with Crippen LogP contribution in [0.1, 0.15) is 54.8 Å². The van der Waals surface area contributed by atoms with Gasteiger partial charge in [-0.05, 0) is 32.8 Å². The Kier molecular flexibility index (Phi) is 5.07. The predicted molar refractivity (Wildman–Crippen MR) is 90.9 cm³/mol. The van der Waals surface area contributed by atoms with Crippen molar-refractivity contribution in [3.05, 3.63) is 53.3 Å². The maximum Gasteiger partial charge on any atom is 0.334 e. The zero-order chi connectivity index (χ0) is 17.9. The smallest absolute Gasteiger partial charge is 0.334 e. The van der Waals surface area contributed by atoms with Crippen molar-refractivity contribution in [2.45, 2.75) is 45.7 Å². The summed E-state index contributed by atoms with van der Waals surface area (Å²) in [5.74, 6) is -1.52. The highest BCUT2D eigenvalue weighted by Crippen LogP contribution is 2.26. The summed E-state index contributed by atoms with van der Waals surface area (Å²) in [6.45, 7) is 7.49. The number of carbonyl (C=O) groups is 2. The average Bonchev–Trinajstić information content (AvgIpc) is 2.95. The number of amides is 1. The van der Waals surface area contributed by atoms with Crippen molar-refractivity contribution in [3.63, 3.8) is 0 Å². The van der Waals surface area contributed by atoms with E-state index in [1.54, 1.807) is 42.8 Å². The molecule has 1 atom stereocenters. The van der Waals surface area contributed by atoms with Gasteiger partial charge in [0.2, 0.25) is 0 Å². The van der Waals surface area contributed by atoms with Gasteiger partial charge in [-0.2, -0.15) is 5.10 Å². The second-order valence-corrected chi connectivity index (χ2v) is 6.07. The Balaban J connectivity index is 2.41. The van der Waals surface area contributed by atoms with Crippen LogP contribution in [0.5, 0.6) is 0 Å². The normalized spacial score (nSPS) is 13.5. The highest BCUT2D eigenvalue weighted by molar-refractivity contribution is 5.98. The minimum atomic E-state index is -1.47. The standard InChI is InChI=1S/C18H23N3O3/c1-5-18(17(23)24,14-9-7-6-8-10-14)20-16(22)15-11-19-21(12(2)3)13(15)4/h6-12H,5H2,1-4H3,(H,20,22)(H,23,24)/t18-/m0/s1. The van der Waals surface area contributed by atoms with Crippen LogP contribution >= 0.6 is 0 Å². The van der Waals surface area contributed by atoms with E-state index in [4.69, 9.17) is 0 Å². The molecule has 0 bridgehead atoms. The highest BCUT2D eigenvalue weighted by atomic mass is 16.4. The number of carboxylic acids is 1. The topological polar surface area (TPSA) is 84.2 Å². The first-order valence-electron chi connectivity index (χ1n) is 7.99. The fourth-order valence-electron chi connectivity index (χ4n) is 2.84. The first-order chi connectivity index (χ1) is 11.3. The van der Waals surface area contributed by atoms with Gasteiger partial charge in [0.25, 0.3) is 5.91 Å². The molecule has 2 N–H and O–H groups in total. The van der Waals surface area contributed by atoms with E-state index < -0.39 is 17.4 Å². The number of hydrogen-bond acceptors (Lipinski definition) is 3. The lowest BCUT2D eigenvalue weighted by Crippen LogP contribution is -2.51. The van der Waals surface area contributed by atoms with Gasteiger partial charge in [0, 0.05) is 11.7 Å². The molecule has 0 spiro atoms. The molecule has 0 fully saturated rings.